The van der Waals surface area contributed by atoms with Gasteiger partial charge in [0.1, 0.15) is 0 Å². The van der Waals surface area contributed by atoms with Gasteiger partial charge in [-0.05, 0) is 24.6 Å². The van der Waals surface area contributed by atoms with Crippen LogP contribution >= 0.6 is 0 Å². The van der Waals surface area contributed by atoms with E-state index in [9.17, 15) is 4.79 Å². The molecule has 0 saturated carbocycles. The van der Waals surface area contributed by atoms with E-state index in [1.165, 1.54) is 7.11 Å². The first-order valence-electron chi connectivity index (χ1n) is 4.46. The quantitative estimate of drug-likeness (QED) is 0.705. The van der Waals surface area contributed by atoms with Crippen LogP contribution in [0.3, 0.4) is 0 Å². The largest absolute Gasteiger partial charge is 0.464 e. The molecule has 0 aliphatic rings. The van der Waals surface area contributed by atoms with E-state index in [0.717, 1.165) is 5.56 Å². The van der Waals surface area contributed by atoms with Crippen LogP contribution in [0.4, 0.5) is 5.95 Å². The van der Waals surface area contributed by atoms with Gasteiger partial charge in [-0.2, -0.15) is 0 Å². The smallest absolute Gasteiger partial charge is 0.359 e. The number of anilines is 1. The Morgan fingerprint density at radius 2 is 2.33 bits per heavy atom. The van der Waals surface area contributed by atoms with E-state index in [1.807, 2.05) is 19.1 Å². The summed E-state index contributed by atoms with van der Waals surface area (Å²) in [7, 11) is 1.32. The van der Waals surface area contributed by atoms with E-state index in [0.29, 0.717) is 5.52 Å². The molecule has 0 radical (unpaired) electrons. The summed E-state index contributed by atoms with van der Waals surface area (Å²) in [5.41, 5.74) is 7.61. The van der Waals surface area contributed by atoms with E-state index >= 15 is 0 Å². The van der Waals surface area contributed by atoms with Crippen molar-refractivity contribution in [3.05, 3.63) is 29.6 Å². The summed E-state index contributed by atoms with van der Waals surface area (Å²) in [4.78, 5) is 15.4. The third-order valence-corrected chi connectivity index (χ3v) is 2.20. The SMILES string of the molecule is COC(=O)c1nc(N)n2ccc(C)cc12. The second-order valence-electron chi connectivity index (χ2n) is 3.27. The van der Waals surface area contributed by atoms with Gasteiger partial charge < -0.3 is 10.5 Å². The first kappa shape index (κ1) is 9.51. The van der Waals surface area contributed by atoms with Crippen molar-refractivity contribution in [3.8, 4) is 0 Å². The molecule has 0 bridgehead atoms. The van der Waals surface area contributed by atoms with Gasteiger partial charge in [0.25, 0.3) is 0 Å². The minimum Gasteiger partial charge on any atom is -0.464 e. The van der Waals surface area contributed by atoms with E-state index in [-0.39, 0.29) is 11.6 Å². The second kappa shape index (κ2) is 3.27. The number of methoxy groups -OCH3 is 1. The zero-order valence-electron chi connectivity index (χ0n) is 8.52. The van der Waals surface area contributed by atoms with Crippen LogP contribution < -0.4 is 5.73 Å². The van der Waals surface area contributed by atoms with Crippen molar-refractivity contribution in [2.45, 2.75) is 6.92 Å². The van der Waals surface area contributed by atoms with Crippen molar-refractivity contribution in [2.75, 3.05) is 12.8 Å². The molecule has 0 aliphatic carbocycles. The lowest BCUT2D eigenvalue weighted by Crippen LogP contribution is -2.02. The molecule has 2 aromatic rings. The van der Waals surface area contributed by atoms with Gasteiger partial charge in [-0.3, -0.25) is 4.40 Å². The maximum Gasteiger partial charge on any atom is 0.359 e. The molecule has 5 heteroatoms. The van der Waals surface area contributed by atoms with Gasteiger partial charge in [0.05, 0.1) is 12.6 Å². The summed E-state index contributed by atoms with van der Waals surface area (Å²) < 4.78 is 6.28. The Morgan fingerprint density at radius 3 is 3.00 bits per heavy atom. The summed E-state index contributed by atoms with van der Waals surface area (Å²) in [6.07, 6.45) is 1.78. The Bertz CT molecular complexity index is 531. The summed E-state index contributed by atoms with van der Waals surface area (Å²) in [6.45, 7) is 1.93. The highest BCUT2D eigenvalue weighted by atomic mass is 16.5. The van der Waals surface area contributed by atoms with E-state index in [1.54, 1.807) is 10.6 Å². The molecule has 0 unspecified atom stereocenters. The van der Waals surface area contributed by atoms with Crippen molar-refractivity contribution in [1.29, 1.82) is 0 Å². The fraction of sp³-hybridized carbons (Fsp3) is 0.200. The molecule has 2 heterocycles. The van der Waals surface area contributed by atoms with Gasteiger partial charge in [-0.25, -0.2) is 9.78 Å². The number of aryl methyl sites for hydroxylation is 1. The van der Waals surface area contributed by atoms with Crippen LogP contribution in [0.25, 0.3) is 5.52 Å². The van der Waals surface area contributed by atoms with Crippen molar-refractivity contribution >= 4 is 17.4 Å². The topological polar surface area (TPSA) is 69.6 Å². The third-order valence-electron chi connectivity index (χ3n) is 2.20. The first-order valence-corrected chi connectivity index (χ1v) is 4.46. The first-order chi connectivity index (χ1) is 7.13. The van der Waals surface area contributed by atoms with Crippen LogP contribution in [-0.4, -0.2) is 22.5 Å². The molecule has 2 rings (SSSR count). The summed E-state index contributed by atoms with van der Waals surface area (Å²) >= 11 is 0. The lowest BCUT2D eigenvalue weighted by Gasteiger charge is -1.98. The van der Waals surface area contributed by atoms with Crippen molar-refractivity contribution in [2.24, 2.45) is 0 Å². The van der Waals surface area contributed by atoms with E-state index in [2.05, 4.69) is 9.72 Å². The van der Waals surface area contributed by atoms with Crippen LogP contribution in [0.15, 0.2) is 18.3 Å². The van der Waals surface area contributed by atoms with Crippen LogP contribution in [0.5, 0.6) is 0 Å². The third kappa shape index (κ3) is 1.41. The van der Waals surface area contributed by atoms with Gasteiger partial charge in [0, 0.05) is 6.20 Å². The molecule has 0 aliphatic heterocycles. The molecule has 0 fully saturated rings. The number of pyridine rings is 1. The van der Waals surface area contributed by atoms with Crippen LogP contribution in [0, 0.1) is 6.92 Å². The number of esters is 1. The average Bonchev–Trinajstić information content (AvgIpc) is 2.54. The van der Waals surface area contributed by atoms with Gasteiger partial charge in [0.2, 0.25) is 5.95 Å². The second-order valence-corrected chi connectivity index (χ2v) is 3.27. The minimum absolute atomic E-state index is 0.249. The van der Waals surface area contributed by atoms with Gasteiger partial charge in [0.15, 0.2) is 5.69 Å². The van der Waals surface area contributed by atoms with Gasteiger partial charge >= 0.3 is 5.97 Å². The fourth-order valence-corrected chi connectivity index (χ4v) is 1.46. The number of ether oxygens (including phenoxy) is 1. The number of carbonyl (C=O) groups excluding carboxylic acids is 1. The van der Waals surface area contributed by atoms with Gasteiger partial charge in [-0.15, -0.1) is 0 Å². The van der Waals surface area contributed by atoms with E-state index < -0.39 is 5.97 Å². The Morgan fingerprint density at radius 1 is 1.60 bits per heavy atom. The summed E-state index contributed by atoms with van der Waals surface area (Å²) in [6, 6.07) is 3.74. The number of nitrogens with zero attached hydrogens (tertiary/aromatic N) is 2. The molecular weight excluding hydrogens is 194 g/mol. The van der Waals surface area contributed by atoms with E-state index in [4.69, 9.17) is 5.73 Å². The molecule has 0 atom stereocenters. The number of fused-ring (bicyclic) bond motifs is 1. The predicted octanol–water partition coefficient (Wildman–Crippen LogP) is 1.01. The highest BCUT2D eigenvalue weighted by Gasteiger charge is 2.16. The number of hydrogen-bond acceptors (Lipinski definition) is 4. The standard InChI is InChI=1S/C10H11N3O2/c1-6-3-4-13-7(5-6)8(9(14)15-2)12-10(13)11/h3-5H,1-2H3,(H2,11,12). The van der Waals surface area contributed by atoms with Crippen molar-refractivity contribution in [3.63, 3.8) is 0 Å². The Balaban J connectivity index is 2.75. The Labute approximate surface area is 86.5 Å². The number of aromatic nitrogens is 2. The minimum atomic E-state index is -0.477. The molecule has 0 saturated heterocycles. The Kier molecular flexibility index (Phi) is 2.07. The molecule has 78 valence electrons. The molecule has 0 aromatic carbocycles. The lowest BCUT2D eigenvalue weighted by molar-refractivity contribution is 0.0597. The molecule has 0 amide bonds. The molecule has 15 heavy (non-hydrogen) atoms. The van der Waals surface area contributed by atoms with Crippen molar-refractivity contribution in [1.82, 2.24) is 9.38 Å². The lowest BCUT2D eigenvalue weighted by atomic mass is 10.2. The number of carbonyl (C=O) groups is 1. The predicted molar refractivity (Wildman–Crippen MR) is 55.7 cm³/mol. The maximum absolute atomic E-state index is 11.4. The maximum atomic E-state index is 11.4. The molecule has 0 spiro atoms. The summed E-state index contributed by atoms with van der Waals surface area (Å²) in [5.74, 6) is -0.194. The highest BCUT2D eigenvalue weighted by Crippen LogP contribution is 2.16. The van der Waals surface area contributed by atoms with Gasteiger partial charge in [-0.1, -0.05) is 0 Å². The number of nitrogens with two attached hydrogens (primary N) is 1. The van der Waals surface area contributed by atoms with Crippen LogP contribution in [0.2, 0.25) is 0 Å². The Hall–Kier alpha value is -2.04. The number of rotatable bonds is 1. The van der Waals surface area contributed by atoms with Crippen molar-refractivity contribution < 1.29 is 9.53 Å². The molecule has 2 aromatic heterocycles. The van der Waals surface area contributed by atoms with Crippen LogP contribution in [-0.2, 0) is 4.74 Å². The zero-order valence-corrected chi connectivity index (χ0v) is 8.52. The molecular formula is C10H11N3O2. The average molecular weight is 205 g/mol. The normalized spacial score (nSPS) is 10.5. The number of hydrogen-bond donors (Lipinski definition) is 1. The monoisotopic (exact) mass is 205 g/mol. The number of imidazole rings is 1. The molecule has 5 nitrogen and oxygen atoms in total. The fourth-order valence-electron chi connectivity index (χ4n) is 1.46. The van der Waals surface area contributed by atoms with Crippen LogP contribution in [0.1, 0.15) is 16.1 Å². The zero-order chi connectivity index (χ0) is 11.0. The highest BCUT2D eigenvalue weighted by molar-refractivity contribution is 5.95. The molecule has 2 N–H and O–H groups in total. The summed E-state index contributed by atoms with van der Waals surface area (Å²) in [5, 5.41) is 0. The number of nitrogen functional groups attached to an aromatic ring is 1.